The number of hydrogen-bond acceptors (Lipinski definition) is 4. The molecule has 7 heteroatoms. The summed E-state index contributed by atoms with van der Waals surface area (Å²) in [6, 6.07) is 15.8. The molecule has 0 aliphatic rings. The Kier molecular flexibility index (Phi) is 4.42. The highest BCUT2D eigenvalue weighted by atomic mass is 16.2. The molecular weight excluding hydrogens is 328 g/mol. The largest absolute Gasteiger partial charge is 0.350 e. The minimum Gasteiger partial charge on any atom is -0.350 e. The number of hydrogen-bond donors (Lipinski definition) is 1. The normalized spacial score (nSPS) is 10.9. The Morgan fingerprint density at radius 1 is 1.04 bits per heavy atom. The van der Waals surface area contributed by atoms with Crippen LogP contribution < -0.4 is 5.32 Å². The van der Waals surface area contributed by atoms with Gasteiger partial charge >= 0.3 is 0 Å². The molecule has 26 heavy (non-hydrogen) atoms. The molecule has 130 valence electrons. The lowest BCUT2D eigenvalue weighted by Gasteiger charge is -2.07. The summed E-state index contributed by atoms with van der Waals surface area (Å²) >= 11 is 0. The molecule has 1 amide bonds. The van der Waals surface area contributed by atoms with E-state index in [1.165, 1.54) is 5.56 Å². The first-order chi connectivity index (χ1) is 12.8. The average Bonchev–Trinajstić information content (AvgIpc) is 3.32. The van der Waals surface area contributed by atoms with Gasteiger partial charge < -0.3 is 9.88 Å². The highest BCUT2D eigenvalue weighted by Gasteiger charge is 2.08. The summed E-state index contributed by atoms with van der Waals surface area (Å²) in [7, 11) is 0. The molecule has 0 atom stereocenters. The van der Waals surface area contributed by atoms with Crippen LogP contribution in [0.2, 0.25) is 0 Å². The van der Waals surface area contributed by atoms with E-state index in [9.17, 15) is 4.79 Å². The molecule has 0 saturated carbocycles. The number of fused-ring (bicyclic) bond motifs is 1. The van der Waals surface area contributed by atoms with Gasteiger partial charge in [-0.3, -0.25) is 4.79 Å². The second-order valence-electron chi connectivity index (χ2n) is 6.06. The third-order valence-corrected chi connectivity index (χ3v) is 4.15. The molecule has 0 fully saturated rings. The van der Waals surface area contributed by atoms with Crippen LogP contribution in [0.4, 0.5) is 0 Å². The maximum absolute atomic E-state index is 12.2. The number of amides is 1. The first kappa shape index (κ1) is 16.0. The Balaban J connectivity index is 1.32. The fourth-order valence-corrected chi connectivity index (χ4v) is 2.78. The highest BCUT2D eigenvalue weighted by Crippen LogP contribution is 2.09. The van der Waals surface area contributed by atoms with Crippen molar-refractivity contribution in [3.05, 3.63) is 78.4 Å². The maximum Gasteiger partial charge on any atom is 0.242 e. The highest BCUT2D eigenvalue weighted by molar-refractivity contribution is 5.79. The molecule has 2 heterocycles. The van der Waals surface area contributed by atoms with Gasteiger partial charge in [-0.15, -0.1) is 5.10 Å². The molecule has 0 bridgehead atoms. The predicted molar refractivity (Wildman–Crippen MR) is 97.1 cm³/mol. The van der Waals surface area contributed by atoms with Crippen LogP contribution >= 0.6 is 0 Å². The van der Waals surface area contributed by atoms with Crippen LogP contribution in [0.1, 0.15) is 11.1 Å². The van der Waals surface area contributed by atoms with Crippen molar-refractivity contribution in [2.24, 2.45) is 0 Å². The van der Waals surface area contributed by atoms with Crippen LogP contribution in [0.15, 0.2) is 67.3 Å². The van der Waals surface area contributed by atoms with Crippen LogP contribution in [-0.4, -0.2) is 30.5 Å². The van der Waals surface area contributed by atoms with Crippen molar-refractivity contribution in [1.82, 2.24) is 29.9 Å². The molecule has 0 spiro atoms. The molecule has 0 saturated heterocycles. The van der Waals surface area contributed by atoms with Gasteiger partial charge in [-0.05, 0) is 23.3 Å². The van der Waals surface area contributed by atoms with Crippen LogP contribution in [0.3, 0.4) is 0 Å². The molecule has 0 unspecified atom stereocenters. The first-order valence-electron chi connectivity index (χ1n) is 8.36. The summed E-state index contributed by atoms with van der Waals surface area (Å²) in [6.07, 6.45) is 5.49. The number of nitrogens with zero attached hydrogens (tertiary/aromatic N) is 5. The molecule has 2 aromatic heterocycles. The number of para-hydroxylation sites is 1. The molecule has 7 nitrogen and oxygen atoms in total. The number of benzene rings is 2. The lowest BCUT2D eigenvalue weighted by Crippen LogP contribution is -2.27. The van der Waals surface area contributed by atoms with E-state index >= 15 is 0 Å². The van der Waals surface area contributed by atoms with Gasteiger partial charge in [0.1, 0.15) is 12.1 Å². The number of nitrogens with one attached hydrogen (secondary N) is 1. The Morgan fingerprint density at radius 3 is 2.65 bits per heavy atom. The molecular formula is C19H18N6O. The van der Waals surface area contributed by atoms with E-state index in [0.29, 0.717) is 6.54 Å². The van der Waals surface area contributed by atoms with Gasteiger partial charge in [0.05, 0.1) is 11.8 Å². The Labute approximate surface area is 150 Å². The van der Waals surface area contributed by atoms with E-state index in [2.05, 4.69) is 32.7 Å². The van der Waals surface area contributed by atoms with E-state index < -0.39 is 0 Å². The third-order valence-electron chi connectivity index (χ3n) is 4.15. The Bertz CT molecular complexity index is 1000. The van der Waals surface area contributed by atoms with Crippen molar-refractivity contribution in [3.8, 4) is 0 Å². The molecule has 0 radical (unpaired) electrons. The Hall–Kier alpha value is -3.48. The van der Waals surface area contributed by atoms with E-state index in [4.69, 9.17) is 0 Å². The smallest absolute Gasteiger partial charge is 0.242 e. The SMILES string of the molecule is O=C(Cn1nnc2ccccc21)NCc1ccc(Cn2ccnc2)cc1. The van der Waals surface area contributed by atoms with Crippen LogP contribution in [0.25, 0.3) is 11.0 Å². The molecule has 1 N–H and O–H groups in total. The molecule has 0 aliphatic carbocycles. The van der Waals surface area contributed by atoms with Crippen molar-refractivity contribution >= 4 is 16.9 Å². The zero-order chi connectivity index (χ0) is 17.8. The number of rotatable bonds is 6. The molecule has 0 aliphatic heterocycles. The van der Waals surface area contributed by atoms with Crippen molar-refractivity contribution in [3.63, 3.8) is 0 Å². The van der Waals surface area contributed by atoms with Gasteiger partial charge in [-0.25, -0.2) is 9.67 Å². The summed E-state index contributed by atoms with van der Waals surface area (Å²) in [6.45, 7) is 1.42. The monoisotopic (exact) mass is 346 g/mol. The second-order valence-corrected chi connectivity index (χ2v) is 6.06. The quantitative estimate of drug-likeness (QED) is 0.579. The van der Waals surface area contributed by atoms with E-state index in [1.54, 1.807) is 17.2 Å². The van der Waals surface area contributed by atoms with Crippen molar-refractivity contribution in [2.45, 2.75) is 19.6 Å². The minimum atomic E-state index is -0.0943. The third kappa shape index (κ3) is 3.61. The lowest BCUT2D eigenvalue weighted by atomic mass is 10.1. The second kappa shape index (κ2) is 7.18. The number of imidazole rings is 1. The maximum atomic E-state index is 12.2. The number of carbonyl (C=O) groups is 1. The van der Waals surface area contributed by atoms with Gasteiger partial charge in [0.25, 0.3) is 0 Å². The van der Waals surface area contributed by atoms with Crippen molar-refractivity contribution < 1.29 is 4.79 Å². The van der Waals surface area contributed by atoms with Crippen LogP contribution in [0.5, 0.6) is 0 Å². The van der Waals surface area contributed by atoms with Gasteiger partial charge in [-0.2, -0.15) is 0 Å². The fourth-order valence-electron chi connectivity index (χ4n) is 2.78. The molecule has 4 aromatic rings. The lowest BCUT2D eigenvalue weighted by molar-refractivity contribution is -0.121. The van der Waals surface area contributed by atoms with Gasteiger partial charge in [0.15, 0.2) is 0 Å². The summed E-state index contributed by atoms with van der Waals surface area (Å²) < 4.78 is 3.62. The molecule has 4 rings (SSSR count). The fraction of sp³-hybridized carbons (Fsp3) is 0.158. The summed E-state index contributed by atoms with van der Waals surface area (Å²) in [5.41, 5.74) is 3.88. The van der Waals surface area contributed by atoms with Crippen LogP contribution in [-0.2, 0) is 24.4 Å². The summed E-state index contributed by atoms with van der Waals surface area (Å²) in [5, 5.41) is 11.0. The molecule has 2 aromatic carbocycles. The average molecular weight is 346 g/mol. The zero-order valence-electron chi connectivity index (χ0n) is 14.1. The summed E-state index contributed by atoms with van der Waals surface area (Å²) in [4.78, 5) is 16.2. The standard InChI is InChI=1S/C19H18N6O/c26-19(13-25-18-4-2-1-3-17(18)22-23-25)21-11-15-5-7-16(8-6-15)12-24-10-9-20-14-24/h1-10,14H,11-13H2,(H,21,26). The number of aromatic nitrogens is 5. The zero-order valence-corrected chi connectivity index (χ0v) is 14.1. The van der Waals surface area contributed by atoms with Crippen molar-refractivity contribution in [1.29, 1.82) is 0 Å². The van der Waals surface area contributed by atoms with Crippen molar-refractivity contribution in [2.75, 3.05) is 0 Å². The summed E-state index contributed by atoms with van der Waals surface area (Å²) in [5.74, 6) is -0.0943. The van der Waals surface area contributed by atoms with Gasteiger partial charge in [-0.1, -0.05) is 41.6 Å². The first-order valence-corrected chi connectivity index (χ1v) is 8.36. The van der Waals surface area contributed by atoms with Gasteiger partial charge in [0.2, 0.25) is 5.91 Å². The van der Waals surface area contributed by atoms with E-state index in [-0.39, 0.29) is 12.5 Å². The van der Waals surface area contributed by atoms with E-state index in [1.807, 2.05) is 47.2 Å². The van der Waals surface area contributed by atoms with E-state index in [0.717, 1.165) is 23.1 Å². The topological polar surface area (TPSA) is 77.6 Å². The Morgan fingerprint density at radius 2 is 1.85 bits per heavy atom. The van der Waals surface area contributed by atoms with Gasteiger partial charge in [0, 0.05) is 25.5 Å². The minimum absolute atomic E-state index is 0.0943. The van der Waals surface area contributed by atoms with Crippen LogP contribution in [0, 0.1) is 0 Å². The predicted octanol–water partition coefficient (Wildman–Crippen LogP) is 1.99. The number of carbonyl (C=O) groups excluding carboxylic acids is 1.